The number of nitrogens with zero attached hydrogens (tertiary/aromatic N) is 1. The van der Waals surface area contributed by atoms with Crippen molar-refractivity contribution in [2.24, 2.45) is 5.92 Å². The zero-order chi connectivity index (χ0) is 14.0. The maximum absolute atomic E-state index is 11.9. The summed E-state index contributed by atoms with van der Waals surface area (Å²) in [6.07, 6.45) is 5.53. The third kappa shape index (κ3) is 2.79. The van der Waals surface area contributed by atoms with Crippen molar-refractivity contribution in [3.8, 4) is 12.3 Å². The summed E-state index contributed by atoms with van der Waals surface area (Å²) in [5.74, 6) is 1.05. The number of halogens is 1. The summed E-state index contributed by atoms with van der Waals surface area (Å²) >= 11 is 3.29. The molecular weight excluding hydrogens is 310 g/mol. The normalized spacial score (nSPS) is 20.1. The summed E-state index contributed by atoms with van der Waals surface area (Å²) < 4.78 is 0.856. The summed E-state index contributed by atoms with van der Waals surface area (Å²) in [4.78, 5) is 24.7. The molecule has 4 nitrogen and oxygen atoms in total. The number of hydrogen-bond donors (Lipinski definition) is 1. The van der Waals surface area contributed by atoms with Crippen LogP contribution in [0.5, 0.6) is 0 Å². The maximum Gasteiger partial charge on any atom is 0.331 e. The third-order valence-electron chi connectivity index (χ3n) is 3.13. The fourth-order valence-corrected chi connectivity index (χ4v) is 2.46. The van der Waals surface area contributed by atoms with Gasteiger partial charge in [0.25, 0.3) is 0 Å². The number of rotatable bonds is 3. The Balaban J connectivity index is 2.32. The van der Waals surface area contributed by atoms with Crippen molar-refractivity contribution < 1.29 is 14.7 Å². The van der Waals surface area contributed by atoms with Gasteiger partial charge in [0.1, 0.15) is 0 Å². The average Bonchev–Trinajstić information content (AvgIpc) is 2.73. The molecule has 0 radical (unpaired) electrons. The summed E-state index contributed by atoms with van der Waals surface area (Å²) in [5, 5.41) is 9.38. The standard InChI is InChI=1S/C14H12BrNO3/c1-2-9-7-12(17)16(8-9)13(14(18)19)10-3-5-11(15)6-4-10/h1,3-6,9,13H,7-8H2,(H,18,19). The number of likely N-dealkylation sites (tertiary alicyclic amines) is 1. The number of carboxylic acid groups (broad SMARTS) is 1. The van der Waals surface area contributed by atoms with E-state index in [2.05, 4.69) is 21.9 Å². The lowest BCUT2D eigenvalue weighted by Crippen LogP contribution is -2.35. The Kier molecular flexibility index (Phi) is 3.91. The molecule has 1 aromatic carbocycles. The highest BCUT2D eigenvalue weighted by molar-refractivity contribution is 9.10. The first-order valence-corrected chi connectivity index (χ1v) is 6.56. The first-order chi connectivity index (χ1) is 9.02. The zero-order valence-corrected chi connectivity index (χ0v) is 11.6. The van der Waals surface area contributed by atoms with E-state index in [1.807, 2.05) is 0 Å². The lowest BCUT2D eigenvalue weighted by atomic mass is 10.1. The van der Waals surface area contributed by atoms with Gasteiger partial charge in [-0.05, 0) is 17.7 Å². The van der Waals surface area contributed by atoms with E-state index in [9.17, 15) is 14.7 Å². The van der Waals surface area contributed by atoms with Crippen LogP contribution in [0.3, 0.4) is 0 Å². The van der Waals surface area contributed by atoms with Crippen LogP contribution in [-0.2, 0) is 9.59 Å². The number of amides is 1. The highest BCUT2D eigenvalue weighted by Gasteiger charge is 2.37. The fourth-order valence-electron chi connectivity index (χ4n) is 2.19. The number of aliphatic carboxylic acids is 1. The summed E-state index contributed by atoms with van der Waals surface area (Å²) in [5.41, 5.74) is 0.571. The molecule has 19 heavy (non-hydrogen) atoms. The molecule has 0 bridgehead atoms. The predicted molar refractivity (Wildman–Crippen MR) is 73.2 cm³/mol. The number of carbonyl (C=O) groups excluding carboxylic acids is 1. The molecule has 0 aliphatic carbocycles. The van der Waals surface area contributed by atoms with Crippen molar-refractivity contribution in [3.63, 3.8) is 0 Å². The predicted octanol–water partition coefficient (Wildman–Crippen LogP) is 2.06. The lowest BCUT2D eigenvalue weighted by molar-refractivity contribution is -0.148. The van der Waals surface area contributed by atoms with Gasteiger partial charge in [-0.2, -0.15) is 0 Å². The molecule has 1 heterocycles. The van der Waals surface area contributed by atoms with Crippen molar-refractivity contribution in [1.82, 2.24) is 4.90 Å². The van der Waals surface area contributed by atoms with Crippen LogP contribution < -0.4 is 0 Å². The number of carboxylic acids is 1. The molecule has 0 spiro atoms. The van der Waals surface area contributed by atoms with Crippen LogP contribution in [0.15, 0.2) is 28.7 Å². The first-order valence-electron chi connectivity index (χ1n) is 5.76. The molecule has 1 amide bonds. The zero-order valence-electron chi connectivity index (χ0n) is 10.0. The molecule has 1 aliphatic heterocycles. The molecule has 0 aromatic heterocycles. The van der Waals surface area contributed by atoms with E-state index in [0.717, 1.165) is 4.47 Å². The largest absolute Gasteiger partial charge is 0.479 e. The van der Waals surface area contributed by atoms with Gasteiger partial charge in [0.2, 0.25) is 5.91 Å². The van der Waals surface area contributed by atoms with Gasteiger partial charge in [-0.25, -0.2) is 4.79 Å². The van der Waals surface area contributed by atoms with Crippen LogP contribution in [-0.4, -0.2) is 28.4 Å². The van der Waals surface area contributed by atoms with E-state index < -0.39 is 12.0 Å². The molecule has 2 unspecified atom stereocenters. The Morgan fingerprint density at radius 1 is 1.47 bits per heavy atom. The van der Waals surface area contributed by atoms with Crippen molar-refractivity contribution in [1.29, 1.82) is 0 Å². The molecule has 98 valence electrons. The molecule has 0 saturated carbocycles. The molecule has 1 fully saturated rings. The number of hydrogen-bond acceptors (Lipinski definition) is 2. The Labute approximate surface area is 119 Å². The average molecular weight is 322 g/mol. The second-order valence-corrected chi connectivity index (χ2v) is 5.32. The molecular formula is C14H12BrNO3. The first kappa shape index (κ1) is 13.6. The highest BCUT2D eigenvalue weighted by Crippen LogP contribution is 2.29. The van der Waals surface area contributed by atoms with E-state index in [0.29, 0.717) is 12.1 Å². The van der Waals surface area contributed by atoms with E-state index in [1.54, 1.807) is 24.3 Å². The molecule has 1 saturated heterocycles. The van der Waals surface area contributed by atoms with E-state index in [1.165, 1.54) is 4.90 Å². The molecule has 5 heteroatoms. The van der Waals surface area contributed by atoms with Gasteiger partial charge < -0.3 is 10.0 Å². The van der Waals surface area contributed by atoms with Crippen molar-refractivity contribution >= 4 is 27.8 Å². The maximum atomic E-state index is 11.9. The smallest absolute Gasteiger partial charge is 0.331 e. The Hall–Kier alpha value is -1.80. The van der Waals surface area contributed by atoms with Crippen LogP contribution in [0.4, 0.5) is 0 Å². The minimum Gasteiger partial charge on any atom is -0.479 e. The number of terminal acetylenes is 1. The van der Waals surface area contributed by atoms with E-state index >= 15 is 0 Å². The van der Waals surface area contributed by atoms with Crippen LogP contribution in [0.2, 0.25) is 0 Å². The molecule has 1 aromatic rings. The van der Waals surface area contributed by atoms with Gasteiger partial charge >= 0.3 is 5.97 Å². The Morgan fingerprint density at radius 3 is 2.58 bits per heavy atom. The lowest BCUT2D eigenvalue weighted by Gasteiger charge is -2.24. The van der Waals surface area contributed by atoms with E-state index in [4.69, 9.17) is 6.42 Å². The van der Waals surface area contributed by atoms with Gasteiger partial charge in [-0.3, -0.25) is 4.79 Å². The fraction of sp³-hybridized carbons (Fsp3) is 0.286. The SMILES string of the molecule is C#CC1CC(=O)N(C(C(=O)O)c2ccc(Br)cc2)C1. The van der Waals surface area contributed by atoms with Crippen LogP contribution in [0.25, 0.3) is 0 Å². The van der Waals surface area contributed by atoms with Crippen molar-refractivity contribution in [2.45, 2.75) is 12.5 Å². The molecule has 1 N–H and O–H groups in total. The number of carbonyl (C=O) groups is 2. The Bertz CT molecular complexity index is 547. The van der Waals surface area contributed by atoms with Crippen molar-refractivity contribution in [3.05, 3.63) is 34.3 Å². The van der Waals surface area contributed by atoms with Gasteiger partial charge in [0.15, 0.2) is 6.04 Å². The van der Waals surface area contributed by atoms with Crippen LogP contribution in [0.1, 0.15) is 18.0 Å². The van der Waals surface area contributed by atoms with E-state index in [-0.39, 0.29) is 18.2 Å². The third-order valence-corrected chi connectivity index (χ3v) is 3.65. The number of benzene rings is 1. The Morgan fingerprint density at radius 2 is 2.11 bits per heavy atom. The molecule has 2 atom stereocenters. The second-order valence-electron chi connectivity index (χ2n) is 4.41. The minimum absolute atomic E-state index is 0.204. The molecule has 2 rings (SSSR count). The van der Waals surface area contributed by atoms with Crippen LogP contribution in [0, 0.1) is 18.3 Å². The monoisotopic (exact) mass is 321 g/mol. The molecule has 1 aliphatic rings. The summed E-state index contributed by atoms with van der Waals surface area (Å²) in [6.45, 7) is 0.294. The quantitative estimate of drug-likeness (QED) is 0.867. The summed E-state index contributed by atoms with van der Waals surface area (Å²) in [7, 11) is 0. The second kappa shape index (κ2) is 5.45. The highest BCUT2D eigenvalue weighted by atomic mass is 79.9. The van der Waals surface area contributed by atoms with Gasteiger partial charge in [0.05, 0.1) is 0 Å². The van der Waals surface area contributed by atoms with Gasteiger partial charge in [0, 0.05) is 23.4 Å². The topological polar surface area (TPSA) is 57.6 Å². The minimum atomic E-state index is -1.05. The van der Waals surface area contributed by atoms with Crippen molar-refractivity contribution in [2.75, 3.05) is 6.54 Å². The van der Waals surface area contributed by atoms with Gasteiger partial charge in [-0.1, -0.05) is 28.1 Å². The summed E-state index contributed by atoms with van der Waals surface area (Å²) in [6, 6.07) is 5.92. The van der Waals surface area contributed by atoms with Gasteiger partial charge in [-0.15, -0.1) is 12.3 Å². The van der Waals surface area contributed by atoms with Crippen LogP contribution >= 0.6 is 15.9 Å².